The van der Waals surface area contributed by atoms with Crippen molar-refractivity contribution < 1.29 is 232 Å². The molecule has 6 aliphatic heterocycles. The van der Waals surface area contributed by atoms with Crippen LogP contribution in [-0.4, -0.2) is 373 Å². The van der Waals surface area contributed by atoms with Gasteiger partial charge in [0.05, 0.1) is 25.9 Å². The summed E-state index contributed by atoms with van der Waals surface area (Å²) in [6, 6.07) is -7.41. The van der Waals surface area contributed by atoms with Crippen LogP contribution in [0, 0.1) is 0 Å². The molecule has 6 rings (SSSR count). The molecule has 1 amide bonds. The minimum atomic E-state index is -5.99. The van der Waals surface area contributed by atoms with Crippen LogP contribution in [0.25, 0.3) is 0 Å². The first-order valence-corrected chi connectivity index (χ1v) is 35.9. The summed E-state index contributed by atoms with van der Waals surface area (Å²) in [5.74, 6) is -7.74. The maximum absolute atomic E-state index is 13.0. The van der Waals surface area contributed by atoms with E-state index in [-0.39, 0.29) is 0 Å². The highest BCUT2D eigenvalue weighted by molar-refractivity contribution is 7.84. The van der Waals surface area contributed by atoms with Crippen molar-refractivity contribution in [1.29, 1.82) is 0 Å². The highest BCUT2D eigenvalue weighted by Gasteiger charge is 2.62. The van der Waals surface area contributed by atoms with E-state index >= 15 is 0 Å². The molecule has 0 saturated carbocycles. The fraction of sp³-hybridized carbons (Fsp3) is 0.902. The summed E-state index contributed by atoms with van der Waals surface area (Å²) in [5.41, 5.74) is 0. The number of ether oxygens (including phenoxy) is 12. The monoisotopic (exact) mass is 1590 g/mol. The van der Waals surface area contributed by atoms with Gasteiger partial charge in [0.2, 0.25) is 5.91 Å². The van der Waals surface area contributed by atoms with Gasteiger partial charge in [-0.2, -0.15) is 60.0 Å². The fourth-order valence-electron chi connectivity index (χ4n) is 10.6. The van der Waals surface area contributed by atoms with E-state index in [0.29, 0.717) is 0 Å². The highest BCUT2D eigenvalue weighted by Crippen LogP contribution is 2.39. The van der Waals surface area contributed by atoms with Crippen molar-refractivity contribution in [3.8, 4) is 0 Å². The van der Waals surface area contributed by atoms with Crippen LogP contribution < -0.4 is 14.8 Å². The lowest BCUT2D eigenvalue weighted by Gasteiger charge is -2.50. The molecule has 6 aliphatic rings. The lowest BCUT2D eigenvalue weighted by molar-refractivity contribution is -0.377. The maximum Gasteiger partial charge on any atom is 0.397 e. The quantitative estimate of drug-likeness (QED) is 0.0287. The van der Waals surface area contributed by atoms with Crippen molar-refractivity contribution in [3.05, 3.63) is 0 Å². The molecule has 59 heteroatoms. The average molecular weight is 1590 g/mol. The zero-order chi connectivity index (χ0) is 75.8. The molecule has 0 spiro atoms. The SMILES string of the molecule is CC(=O)N[C@H]1C(O)[C@@H](O[C@H]2O[C@H](C(=O)O)[C@H](O[C@@H]3O[C@@H](CO)[C@H](O[C@H]4O[C@H](C(=O)O)[C@H](O[C@@H]5O[C@@H](COS(=O)(=O)O)[C@H](O[C@H]6O[C@H](C(=O)O)[C@H](O)[C@H](O)[C@H]6OS(=O)(=O)O)[C@H](O)[C@H]5NS(=O)(=O)O)[C@H](O)[C@H]4O)[C@H](O)[C@H]3NS(=O)(=O)O)C(O)[C@@H]2OS(=O)(=O)O)[C@@H](COS(=O)(=O)O)O[C@H]1OC(C)C. The van der Waals surface area contributed by atoms with Gasteiger partial charge in [-0.1, -0.05) is 0 Å². The Kier molecular flexibility index (Phi) is 28.4. The van der Waals surface area contributed by atoms with Crippen LogP contribution in [0.3, 0.4) is 0 Å². The normalized spacial score (nSPS) is 40.5. The van der Waals surface area contributed by atoms with E-state index in [0.717, 1.165) is 6.92 Å². The summed E-state index contributed by atoms with van der Waals surface area (Å²) < 4.78 is 288. The Hall–Kier alpha value is -3.74. The molecule has 0 aromatic heterocycles. The standard InChI is InChI=1S/C41H67N3O50S6/c1-7(2)81-36-12(42-8(3)46)15(47)24(10(83-36)5-79-97(67,68)69)86-41-30(94-100(76,77)78)22(54)27(32(92-41)35(59)60)89-37-13(43-95(61,62)63)16(48)23(9(4-45)82-37)85-39-21(53)20(52)26(31(91-39)34(57)58)88-38-14(44-96(64,65)66)17(49)25(11(84-38)6-80-98(70,71)72)87-40-29(93-99(73,74)75)19(51)18(50)28(90-40)33(55)56/h7,9-32,36-41,43-45,47-54H,4-6H2,1-3H3,(H,42,46)(H,55,56)(H,57,58)(H,59,60)(H,61,62,63)(H,64,65,66)(H,67,68,69)(H,70,71,72)(H,73,74,75)(H,76,77,78)/t9-,10+,11-,12-,13+,14+,15?,16+,17+,18+,19-,20+,21+,22?,23-,24-,25-,26+,27+,28-,29+,30-,31-,32-,36+,37-,38-,39-,40-,41-/m0/s1. The Labute approximate surface area is 561 Å². The van der Waals surface area contributed by atoms with E-state index in [1.165, 1.54) is 23.3 Å². The number of aliphatic hydroxyl groups excluding tert-OH is 9. The molecule has 0 aliphatic carbocycles. The lowest BCUT2D eigenvalue weighted by Crippen LogP contribution is -2.71. The van der Waals surface area contributed by atoms with Gasteiger partial charge in [-0.05, 0) is 13.8 Å². The fourth-order valence-corrected chi connectivity index (χ4v) is 13.4. The number of aliphatic carboxylic acids is 3. The first-order valence-electron chi connectivity index (χ1n) is 27.6. The number of hydrogen-bond donors (Lipinski definition) is 21. The Balaban J connectivity index is 1.30. The number of aliphatic hydroxyl groups is 9. The molecule has 100 heavy (non-hydrogen) atoms. The molecule has 53 nitrogen and oxygen atoms in total. The lowest BCUT2D eigenvalue weighted by atomic mass is 9.94. The van der Waals surface area contributed by atoms with E-state index in [1.54, 1.807) is 0 Å². The van der Waals surface area contributed by atoms with Crippen LogP contribution in [0.4, 0.5) is 0 Å². The van der Waals surface area contributed by atoms with Crippen LogP contribution in [0.1, 0.15) is 20.8 Å². The van der Waals surface area contributed by atoms with Gasteiger partial charge < -0.3 is 123 Å². The van der Waals surface area contributed by atoms with E-state index in [1.807, 2.05) is 0 Å². The van der Waals surface area contributed by atoms with Crippen molar-refractivity contribution >= 4 is 86.0 Å². The highest BCUT2D eigenvalue weighted by atomic mass is 32.3. The number of rotatable bonds is 31. The van der Waals surface area contributed by atoms with Gasteiger partial charge in [0.1, 0.15) is 116 Å². The minimum absolute atomic E-state index is 0.826. The third kappa shape index (κ3) is 22.6. The Morgan fingerprint density at radius 2 is 0.730 bits per heavy atom. The summed E-state index contributed by atoms with van der Waals surface area (Å²) in [4.78, 5) is 50.2. The van der Waals surface area contributed by atoms with Crippen LogP contribution in [0.2, 0.25) is 0 Å². The number of hydrogen-bond acceptors (Lipinski definition) is 41. The molecular formula is C41H67N3O50S6. The van der Waals surface area contributed by atoms with E-state index in [2.05, 4.69) is 22.0 Å². The zero-order valence-corrected chi connectivity index (χ0v) is 55.0. The molecule has 2 unspecified atom stereocenters. The number of carbonyl (C=O) groups is 4. The predicted molar refractivity (Wildman–Crippen MR) is 293 cm³/mol. The minimum Gasteiger partial charge on any atom is -0.479 e. The molecule has 6 heterocycles. The number of carboxylic acid groups (broad SMARTS) is 3. The predicted octanol–water partition coefficient (Wildman–Crippen LogP) is -14.1. The van der Waals surface area contributed by atoms with Gasteiger partial charge >= 0.3 is 80.1 Å². The van der Waals surface area contributed by atoms with E-state index in [4.69, 9.17) is 56.8 Å². The third-order valence-corrected chi connectivity index (χ3v) is 17.5. The second-order valence-corrected chi connectivity index (χ2v) is 28.7. The van der Waals surface area contributed by atoms with Crippen molar-refractivity contribution in [1.82, 2.24) is 14.8 Å². The average Bonchev–Trinajstić information content (AvgIpc) is 0.766. The van der Waals surface area contributed by atoms with Gasteiger partial charge in [0, 0.05) is 6.92 Å². The maximum atomic E-state index is 13.0. The molecule has 0 bridgehead atoms. The first kappa shape index (κ1) is 85.2. The number of carboxylic acids is 3. The van der Waals surface area contributed by atoms with Gasteiger partial charge in [-0.15, -0.1) is 0 Å². The van der Waals surface area contributed by atoms with Crippen LogP contribution in [0.15, 0.2) is 0 Å². The molecule has 6 saturated heterocycles. The summed E-state index contributed by atoms with van der Waals surface area (Å²) >= 11 is 0. The second kappa shape index (κ2) is 33.4. The molecule has 0 radical (unpaired) electrons. The largest absolute Gasteiger partial charge is 0.479 e. The Morgan fingerprint density at radius 3 is 1.11 bits per heavy atom. The van der Waals surface area contributed by atoms with E-state index < -0.39 is 296 Å². The summed E-state index contributed by atoms with van der Waals surface area (Å²) in [6.07, 6.45) is -74.1. The molecule has 0 aromatic rings. The number of nitrogens with one attached hydrogen (secondary N) is 3. The van der Waals surface area contributed by atoms with E-state index in [9.17, 15) is 158 Å². The molecule has 21 N–H and O–H groups in total. The van der Waals surface area contributed by atoms with Crippen molar-refractivity contribution in [3.63, 3.8) is 0 Å². The van der Waals surface area contributed by atoms with Crippen molar-refractivity contribution in [2.45, 2.75) is 211 Å². The van der Waals surface area contributed by atoms with Crippen molar-refractivity contribution in [2.24, 2.45) is 0 Å². The first-order chi connectivity index (χ1) is 45.7. The molecule has 582 valence electrons. The van der Waals surface area contributed by atoms with Gasteiger partial charge in [0.15, 0.2) is 68.3 Å². The summed E-state index contributed by atoms with van der Waals surface area (Å²) in [7, 11) is -34.6. The van der Waals surface area contributed by atoms with Crippen molar-refractivity contribution in [2.75, 3.05) is 19.8 Å². The van der Waals surface area contributed by atoms with Gasteiger partial charge in [-0.3, -0.25) is 32.1 Å². The summed E-state index contributed by atoms with van der Waals surface area (Å²) in [6.45, 7) is -0.972. The van der Waals surface area contributed by atoms with Gasteiger partial charge in [-0.25, -0.2) is 31.1 Å². The van der Waals surface area contributed by atoms with Crippen LogP contribution >= 0.6 is 0 Å². The van der Waals surface area contributed by atoms with Gasteiger partial charge in [0.25, 0.3) is 0 Å². The molecule has 30 atom stereocenters. The Bertz CT molecular complexity index is 3560. The third-order valence-electron chi connectivity index (χ3n) is 14.6. The molecule has 6 fully saturated rings. The van der Waals surface area contributed by atoms with Crippen LogP contribution in [0.5, 0.6) is 0 Å². The smallest absolute Gasteiger partial charge is 0.397 e. The number of carbonyl (C=O) groups excluding carboxylic acids is 1. The topological polar surface area (TPSA) is 821 Å². The molecule has 0 aromatic carbocycles. The number of amides is 1. The van der Waals surface area contributed by atoms with Crippen LogP contribution in [-0.2, 0) is 155 Å². The Morgan fingerprint density at radius 1 is 0.390 bits per heavy atom. The summed E-state index contributed by atoms with van der Waals surface area (Å²) in [5, 5.41) is 134. The zero-order valence-electron chi connectivity index (χ0n) is 50.1. The second-order valence-electron chi connectivity index (χ2n) is 22.1. The molecular weight excluding hydrogens is 1530 g/mol.